The van der Waals surface area contributed by atoms with Gasteiger partial charge in [-0.2, -0.15) is 0 Å². The van der Waals surface area contributed by atoms with Gasteiger partial charge in [-0.05, 0) is 37.9 Å². The van der Waals surface area contributed by atoms with Crippen LogP contribution in [0.15, 0.2) is 0 Å². The molecule has 2 aliphatic heterocycles. The number of carbonyl (C=O) groups excluding carboxylic acids is 1. The Labute approximate surface area is 162 Å². The van der Waals surface area contributed by atoms with E-state index in [0.29, 0.717) is 5.92 Å². The molecule has 0 aliphatic carbocycles. The van der Waals surface area contributed by atoms with Crippen molar-refractivity contribution in [2.24, 2.45) is 11.8 Å². The van der Waals surface area contributed by atoms with E-state index in [9.17, 15) is 4.79 Å². The molecule has 0 aromatic rings. The van der Waals surface area contributed by atoms with Gasteiger partial charge in [0, 0.05) is 5.92 Å². The van der Waals surface area contributed by atoms with Gasteiger partial charge in [-0.15, -0.1) is 0 Å². The van der Waals surface area contributed by atoms with Crippen molar-refractivity contribution in [1.29, 1.82) is 0 Å². The highest BCUT2D eigenvalue weighted by Gasteiger charge is 2.62. The van der Waals surface area contributed by atoms with E-state index in [1.54, 1.807) is 0 Å². The average molecular weight is 384 g/mol. The fourth-order valence-electron chi connectivity index (χ4n) is 4.55. The van der Waals surface area contributed by atoms with Crippen LogP contribution < -0.4 is 0 Å². The summed E-state index contributed by atoms with van der Waals surface area (Å²) in [5.41, 5.74) is -0.384. The molecule has 0 saturated carbocycles. The third kappa shape index (κ3) is 3.64. The summed E-state index contributed by atoms with van der Waals surface area (Å²) < 4.78 is 12.9. The number of rotatable bonds is 7. The smallest absolute Gasteiger partial charge is 0.232 e. The molecule has 0 spiro atoms. The number of β-lactam (4-membered cyclic amide) rings is 1. The number of hydrogen-bond donors (Lipinski definition) is 0. The van der Waals surface area contributed by atoms with Crippen molar-refractivity contribution in [3.8, 4) is 0 Å². The molecule has 152 valence electrons. The summed E-state index contributed by atoms with van der Waals surface area (Å²) >= 11 is 0. The van der Waals surface area contributed by atoms with Gasteiger partial charge in [0.25, 0.3) is 0 Å². The summed E-state index contributed by atoms with van der Waals surface area (Å²) in [6.45, 7) is 20.8. The highest BCUT2D eigenvalue weighted by molar-refractivity contribution is 6.74. The van der Waals surface area contributed by atoms with Crippen LogP contribution in [0.3, 0.4) is 0 Å². The lowest BCUT2D eigenvalue weighted by Crippen LogP contribution is -2.77. The molecule has 1 amide bonds. The first-order chi connectivity index (χ1) is 11.9. The molecule has 0 N–H and O–H groups in total. The molecular formula is C21H41NO3Si. The Morgan fingerprint density at radius 3 is 2.27 bits per heavy atom. The second-order valence-electron chi connectivity index (χ2n) is 10.0. The Morgan fingerprint density at radius 1 is 1.27 bits per heavy atom. The minimum Gasteiger partial charge on any atom is -0.413 e. The van der Waals surface area contributed by atoms with Crippen LogP contribution in [-0.4, -0.2) is 43.6 Å². The van der Waals surface area contributed by atoms with Gasteiger partial charge >= 0.3 is 0 Å². The largest absolute Gasteiger partial charge is 0.413 e. The molecule has 0 aromatic heterocycles. The van der Waals surface area contributed by atoms with Crippen LogP contribution >= 0.6 is 0 Å². The normalized spacial score (nSPS) is 30.0. The first-order valence-electron chi connectivity index (χ1n) is 10.6. The van der Waals surface area contributed by atoms with E-state index in [2.05, 4.69) is 66.5 Å². The summed E-state index contributed by atoms with van der Waals surface area (Å²) in [5, 5.41) is 0.156. The van der Waals surface area contributed by atoms with Gasteiger partial charge in [0.1, 0.15) is 5.72 Å². The predicted octanol–water partition coefficient (Wildman–Crippen LogP) is 5.19. The fraction of sp³-hybridized carbons (Fsp3) is 0.952. The highest BCUT2D eigenvalue weighted by Crippen LogP contribution is 2.49. The van der Waals surface area contributed by atoms with E-state index in [1.165, 1.54) is 0 Å². The Morgan fingerprint density at radius 2 is 1.81 bits per heavy atom. The SMILES string of the molecule is CCCC1(CCC)OC[C@H](C)[C@H]2[C@@H]([C@@H](C)O[Si](C)(C)C(C)(C)C)C(=O)N21. The summed E-state index contributed by atoms with van der Waals surface area (Å²) in [4.78, 5) is 15.4. The van der Waals surface area contributed by atoms with Gasteiger partial charge in [0.15, 0.2) is 8.32 Å². The number of nitrogens with zero attached hydrogens (tertiary/aromatic N) is 1. The Kier molecular flexibility index (Phi) is 6.36. The molecule has 2 fully saturated rings. The van der Waals surface area contributed by atoms with Gasteiger partial charge in [0.2, 0.25) is 5.91 Å². The summed E-state index contributed by atoms with van der Waals surface area (Å²) in [6.07, 6.45) is 3.91. The molecule has 4 atom stereocenters. The molecule has 26 heavy (non-hydrogen) atoms. The third-order valence-electron chi connectivity index (χ3n) is 6.90. The highest BCUT2D eigenvalue weighted by atomic mass is 28.4. The molecule has 0 aromatic carbocycles. The van der Waals surface area contributed by atoms with Crippen molar-refractivity contribution in [3.63, 3.8) is 0 Å². The Balaban J connectivity index is 2.23. The maximum Gasteiger partial charge on any atom is 0.232 e. The molecule has 5 heteroatoms. The molecule has 2 saturated heterocycles. The lowest BCUT2D eigenvalue weighted by molar-refractivity contribution is -0.271. The lowest BCUT2D eigenvalue weighted by Gasteiger charge is -2.63. The monoisotopic (exact) mass is 383 g/mol. The van der Waals surface area contributed by atoms with E-state index in [4.69, 9.17) is 9.16 Å². The van der Waals surface area contributed by atoms with E-state index < -0.39 is 8.32 Å². The van der Waals surface area contributed by atoms with Crippen LogP contribution in [0.2, 0.25) is 18.1 Å². The van der Waals surface area contributed by atoms with Crippen LogP contribution in [0.1, 0.15) is 74.1 Å². The van der Waals surface area contributed by atoms with Crippen LogP contribution in [-0.2, 0) is 14.0 Å². The number of amides is 1. The second kappa shape index (κ2) is 7.55. The maximum atomic E-state index is 13.3. The molecule has 0 radical (unpaired) electrons. The zero-order valence-electron chi connectivity index (χ0n) is 18.5. The standard InChI is InChI=1S/C21H41NO3Si/c1-10-12-21(13-11-2)22-18(15(3)14-24-21)17(19(22)23)16(4)25-26(8,9)20(5,6)7/h15-18H,10-14H2,1-9H3/t15-,16+,17+,18-/m0/s1. The molecule has 2 aliphatic rings. The van der Waals surface area contributed by atoms with Gasteiger partial charge in [0.05, 0.1) is 24.7 Å². The quantitative estimate of drug-likeness (QED) is 0.449. The topological polar surface area (TPSA) is 38.8 Å². The van der Waals surface area contributed by atoms with Crippen molar-refractivity contribution in [2.75, 3.05) is 6.61 Å². The first-order valence-corrected chi connectivity index (χ1v) is 13.5. The molecule has 2 heterocycles. The van der Waals surface area contributed by atoms with Crippen molar-refractivity contribution in [2.45, 2.75) is 110 Å². The van der Waals surface area contributed by atoms with E-state index in [-0.39, 0.29) is 34.7 Å². The van der Waals surface area contributed by atoms with Crippen LogP contribution in [0.5, 0.6) is 0 Å². The zero-order chi connectivity index (χ0) is 19.9. The number of ether oxygens (including phenoxy) is 1. The fourth-order valence-corrected chi connectivity index (χ4v) is 5.98. The van der Waals surface area contributed by atoms with Crippen LogP contribution in [0, 0.1) is 11.8 Å². The Hall–Kier alpha value is -0.393. The second-order valence-corrected chi connectivity index (χ2v) is 14.8. The van der Waals surface area contributed by atoms with Crippen molar-refractivity contribution in [1.82, 2.24) is 4.90 Å². The van der Waals surface area contributed by atoms with Gasteiger partial charge in [-0.1, -0.05) is 54.4 Å². The third-order valence-corrected chi connectivity index (χ3v) is 11.5. The molecule has 4 nitrogen and oxygen atoms in total. The predicted molar refractivity (Wildman–Crippen MR) is 110 cm³/mol. The molecular weight excluding hydrogens is 342 g/mol. The first kappa shape index (κ1) is 21.9. The number of carbonyl (C=O) groups is 1. The average Bonchev–Trinajstić information content (AvgIpc) is 2.48. The lowest BCUT2D eigenvalue weighted by atomic mass is 9.72. The number of hydrogen-bond acceptors (Lipinski definition) is 3. The zero-order valence-corrected chi connectivity index (χ0v) is 19.5. The summed E-state index contributed by atoms with van der Waals surface area (Å²) in [7, 11) is -1.89. The minimum absolute atomic E-state index is 0.0175. The molecule has 0 bridgehead atoms. The van der Waals surface area contributed by atoms with E-state index in [0.717, 1.165) is 32.3 Å². The Bertz CT molecular complexity index is 508. The molecule has 2 rings (SSSR count). The van der Waals surface area contributed by atoms with Gasteiger partial charge in [-0.25, -0.2) is 0 Å². The van der Waals surface area contributed by atoms with Gasteiger partial charge in [-0.3, -0.25) is 4.79 Å². The van der Waals surface area contributed by atoms with E-state index in [1.807, 2.05) is 0 Å². The van der Waals surface area contributed by atoms with Crippen molar-refractivity contribution in [3.05, 3.63) is 0 Å². The maximum absolute atomic E-state index is 13.3. The van der Waals surface area contributed by atoms with Crippen molar-refractivity contribution < 1.29 is 14.0 Å². The van der Waals surface area contributed by atoms with Crippen LogP contribution in [0.25, 0.3) is 0 Å². The van der Waals surface area contributed by atoms with E-state index >= 15 is 0 Å². The number of fused-ring (bicyclic) bond motifs is 1. The summed E-state index contributed by atoms with van der Waals surface area (Å²) in [5.74, 6) is 0.593. The molecule has 0 unspecified atom stereocenters. The van der Waals surface area contributed by atoms with Crippen molar-refractivity contribution >= 4 is 14.2 Å². The van der Waals surface area contributed by atoms with Gasteiger partial charge < -0.3 is 14.1 Å². The summed E-state index contributed by atoms with van der Waals surface area (Å²) in [6, 6.07) is 0.258. The minimum atomic E-state index is -1.89. The van der Waals surface area contributed by atoms with Crippen LogP contribution in [0.4, 0.5) is 0 Å².